The lowest BCUT2D eigenvalue weighted by atomic mass is 10.0. The SMILES string of the molecule is COc1ccc(C(=O)Nc2ccc3c(c2)CN(S(=O)(=O)c2ccc(Cl)cc2)CC3)cc1OC. The molecule has 9 heteroatoms. The summed E-state index contributed by atoms with van der Waals surface area (Å²) in [7, 11) is -0.617. The van der Waals surface area contributed by atoms with Crippen LogP contribution in [0.2, 0.25) is 5.02 Å². The largest absolute Gasteiger partial charge is 0.493 e. The summed E-state index contributed by atoms with van der Waals surface area (Å²) in [5.74, 6) is 0.681. The van der Waals surface area contributed by atoms with Crippen molar-refractivity contribution in [2.24, 2.45) is 0 Å². The van der Waals surface area contributed by atoms with Crippen LogP contribution in [-0.4, -0.2) is 39.4 Å². The van der Waals surface area contributed by atoms with E-state index in [1.807, 2.05) is 18.2 Å². The van der Waals surface area contributed by atoms with E-state index in [-0.39, 0.29) is 17.3 Å². The first-order valence-electron chi connectivity index (χ1n) is 10.2. The number of halogens is 1. The first-order chi connectivity index (χ1) is 15.8. The van der Waals surface area contributed by atoms with Gasteiger partial charge in [0.1, 0.15) is 0 Å². The molecule has 33 heavy (non-hydrogen) atoms. The Morgan fingerprint density at radius 3 is 2.36 bits per heavy atom. The number of carbonyl (C=O) groups excluding carboxylic acids is 1. The summed E-state index contributed by atoms with van der Waals surface area (Å²) in [6.45, 7) is 0.607. The molecule has 4 rings (SSSR count). The molecule has 0 aliphatic carbocycles. The highest BCUT2D eigenvalue weighted by atomic mass is 35.5. The summed E-state index contributed by atoms with van der Waals surface area (Å²) in [5, 5.41) is 3.35. The van der Waals surface area contributed by atoms with Crippen LogP contribution in [0.15, 0.2) is 65.6 Å². The molecule has 7 nitrogen and oxygen atoms in total. The van der Waals surface area contributed by atoms with Crippen LogP contribution in [-0.2, 0) is 23.0 Å². The maximum absolute atomic E-state index is 13.1. The second-order valence-electron chi connectivity index (χ2n) is 7.55. The Morgan fingerprint density at radius 1 is 0.939 bits per heavy atom. The molecule has 0 fully saturated rings. The van der Waals surface area contributed by atoms with Crippen LogP contribution in [0.1, 0.15) is 21.5 Å². The van der Waals surface area contributed by atoms with Gasteiger partial charge in [0.15, 0.2) is 11.5 Å². The number of hydrogen-bond donors (Lipinski definition) is 1. The first-order valence-corrected chi connectivity index (χ1v) is 12.0. The zero-order valence-corrected chi connectivity index (χ0v) is 19.7. The fourth-order valence-corrected chi connectivity index (χ4v) is 5.30. The van der Waals surface area contributed by atoms with Gasteiger partial charge < -0.3 is 14.8 Å². The minimum atomic E-state index is -3.65. The normalized spacial score (nSPS) is 13.8. The zero-order valence-electron chi connectivity index (χ0n) is 18.2. The first kappa shape index (κ1) is 23.1. The molecule has 0 spiro atoms. The van der Waals surface area contributed by atoms with Crippen LogP contribution < -0.4 is 14.8 Å². The molecule has 3 aromatic carbocycles. The fraction of sp³-hybridized carbons (Fsp3) is 0.208. The van der Waals surface area contributed by atoms with E-state index in [4.69, 9.17) is 21.1 Å². The molecular weight excluding hydrogens is 464 g/mol. The van der Waals surface area contributed by atoms with E-state index >= 15 is 0 Å². The van der Waals surface area contributed by atoms with Crippen molar-refractivity contribution in [3.8, 4) is 11.5 Å². The third-order valence-electron chi connectivity index (χ3n) is 5.54. The summed E-state index contributed by atoms with van der Waals surface area (Å²) < 4.78 is 38.0. The van der Waals surface area contributed by atoms with Crippen molar-refractivity contribution < 1.29 is 22.7 Å². The monoisotopic (exact) mass is 486 g/mol. The van der Waals surface area contributed by atoms with Gasteiger partial charge in [0.05, 0.1) is 19.1 Å². The van der Waals surface area contributed by atoms with Crippen LogP contribution in [0, 0.1) is 0 Å². The van der Waals surface area contributed by atoms with Gasteiger partial charge in [-0.3, -0.25) is 4.79 Å². The minimum Gasteiger partial charge on any atom is -0.493 e. The number of nitrogens with zero attached hydrogens (tertiary/aromatic N) is 1. The molecule has 1 aliphatic heterocycles. The zero-order chi connectivity index (χ0) is 23.6. The Kier molecular flexibility index (Phi) is 6.60. The van der Waals surface area contributed by atoms with Gasteiger partial charge in [-0.25, -0.2) is 8.42 Å². The third-order valence-corrected chi connectivity index (χ3v) is 7.65. The van der Waals surface area contributed by atoms with E-state index in [2.05, 4.69) is 5.32 Å². The van der Waals surface area contributed by atoms with Gasteiger partial charge in [-0.1, -0.05) is 17.7 Å². The van der Waals surface area contributed by atoms with Crippen molar-refractivity contribution in [3.05, 3.63) is 82.4 Å². The molecular formula is C24H23ClN2O5S. The number of nitrogens with one attached hydrogen (secondary N) is 1. The second-order valence-corrected chi connectivity index (χ2v) is 9.92. The number of methoxy groups -OCH3 is 2. The summed E-state index contributed by atoms with van der Waals surface area (Å²) >= 11 is 5.89. The molecule has 0 saturated carbocycles. The molecule has 172 valence electrons. The highest BCUT2D eigenvalue weighted by molar-refractivity contribution is 7.89. The Morgan fingerprint density at radius 2 is 1.67 bits per heavy atom. The van der Waals surface area contributed by atoms with Gasteiger partial charge in [0.2, 0.25) is 10.0 Å². The highest BCUT2D eigenvalue weighted by Crippen LogP contribution is 2.30. The Hall–Kier alpha value is -3.07. The van der Waals surface area contributed by atoms with E-state index in [1.54, 1.807) is 30.3 Å². The number of benzene rings is 3. The van der Waals surface area contributed by atoms with Crippen LogP contribution in [0.3, 0.4) is 0 Å². The summed E-state index contributed by atoms with van der Waals surface area (Å²) in [5.41, 5.74) is 2.90. The van der Waals surface area contributed by atoms with E-state index in [0.29, 0.717) is 40.7 Å². The quantitative estimate of drug-likeness (QED) is 0.559. The van der Waals surface area contributed by atoms with Gasteiger partial charge >= 0.3 is 0 Å². The molecule has 0 aromatic heterocycles. The van der Waals surface area contributed by atoms with Crippen molar-refractivity contribution in [2.45, 2.75) is 17.9 Å². The van der Waals surface area contributed by atoms with Gasteiger partial charge in [0.25, 0.3) is 5.91 Å². The smallest absolute Gasteiger partial charge is 0.255 e. The van der Waals surface area contributed by atoms with Gasteiger partial charge in [-0.05, 0) is 72.1 Å². The number of carbonyl (C=O) groups is 1. The number of ether oxygens (including phenoxy) is 2. The topological polar surface area (TPSA) is 84.9 Å². The molecule has 0 unspecified atom stereocenters. The maximum Gasteiger partial charge on any atom is 0.255 e. The van der Waals surface area contributed by atoms with Crippen molar-refractivity contribution in [1.29, 1.82) is 0 Å². The number of amides is 1. The van der Waals surface area contributed by atoms with Gasteiger partial charge in [0, 0.05) is 29.4 Å². The van der Waals surface area contributed by atoms with E-state index in [1.165, 1.54) is 30.7 Å². The van der Waals surface area contributed by atoms with E-state index in [0.717, 1.165) is 11.1 Å². The molecule has 1 heterocycles. The van der Waals surface area contributed by atoms with Crippen molar-refractivity contribution >= 4 is 33.2 Å². The fourth-order valence-electron chi connectivity index (χ4n) is 3.75. The van der Waals surface area contributed by atoms with Crippen LogP contribution >= 0.6 is 11.6 Å². The number of rotatable bonds is 6. The Bertz CT molecular complexity index is 1290. The molecule has 0 atom stereocenters. The number of anilines is 1. The van der Waals surface area contributed by atoms with Crippen molar-refractivity contribution in [1.82, 2.24) is 4.31 Å². The maximum atomic E-state index is 13.1. The predicted octanol–water partition coefficient (Wildman–Crippen LogP) is 4.36. The van der Waals surface area contributed by atoms with Crippen molar-refractivity contribution in [3.63, 3.8) is 0 Å². The van der Waals surface area contributed by atoms with Crippen molar-refractivity contribution in [2.75, 3.05) is 26.1 Å². The van der Waals surface area contributed by atoms with E-state index < -0.39 is 10.0 Å². The van der Waals surface area contributed by atoms with Crippen LogP contribution in [0.25, 0.3) is 0 Å². The minimum absolute atomic E-state index is 0.202. The Balaban J connectivity index is 1.53. The second kappa shape index (κ2) is 9.43. The van der Waals surface area contributed by atoms with Crippen LogP contribution in [0.5, 0.6) is 11.5 Å². The molecule has 0 radical (unpaired) electrons. The van der Waals surface area contributed by atoms with Gasteiger partial charge in [-0.2, -0.15) is 4.31 Å². The predicted molar refractivity (Wildman–Crippen MR) is 127 cm³/mol. The lowest BCUT2D eigenvalue weighted by Crippen LogP contribution is -2.36. The molecule has 0 saturated heterocycles. The van der Waals surface area contributed by atoms with Crippen LogP contribution in [0.4, 0.5) is 5.69 Å². The van der Waals surface area contributed by atoms with Gasteiger partial charge in [-0.15, -0.1) is 0 Å². The lowest BCUT2D eigenvalue weighted by molar-refractivity contribution is 0.102. The molecule has 1 amide bonds. The molecule has 0 bridgehead atoms. The summed E-state index contributed by atoms with van der Waals surface area (Å²) in [4.78, 5) is 13.0. The standard InChI is InChI=1S/C24H23ClN2O5S/c1-31-22-10-4-17(14-23(22)32-2)24(28)26-20-7-3-16-11-12-27(15-18(16)13-20)33(29,30)21-8-5-19(25)6-9-21/h3-10,13-14H,11-12,15H2,1-2H3,(H,26,28). The lowest BCUT2D eigenvalue weighted by Gasteiger charge is -2.28. The number of fused-ring (bicyclic) bond motifs is 1. The number of sulfonamides is 1. The molecule has 3 aromatic rings. The van der Waals surface area contributed by atoms with E-state index in [9.17, 15) is 13.2 Å². The summed E-state index contributed by atoms with van der Waals surface area (Å²) in [6, 6.07) is 16.6. The summed E-state index contributed by atoms with van der Waals surface area (Å²) in [6.07, 6.45) is 0.589. The molecule has 1 aliphatic rings. The average molecular weight is 487 g/mol. The highest BCUT2D eigenvalue weighted by Gasteiger charge is 2.28. The molecule has 1 N–H and O–H groups in total. The average Bonchev–Trinajstić information content (AvgIpc) is 2.83. The number of hydrogen-bond acceptors (Lipinski definition) is 5. The third kappa shape index (κ3) is 4.83. The Labute approximate surface area is 197 Å².